The molecule has 6 heteroatoms. The van der Waals surface area contributed by atoms with Crippen molar-refractivity contribution in [1.29, 1.82) is 0 Å². The number of unbranched alkanes of at least 4 members (excludes halogenated alkanes) is 1. The molecule has 0 saturated heterocycles. The molecular formula is C19H28N4OS. The molecule has 0 unspecified atom stereocenters. The third-order valence-electron chi connectivity index (χ3n) is 3.87. The van der Waals surface area contributed by atoms with Gasteiger partial charge in [0.2, 0.25) is 0 Å². The lowest BCUT2D eigenvalue weighted by atomic mass is 10.1. The van der Waals surface area contributed by atoms with E-state index in [0.29, 0.717) is 0 Å². The maximum Gasteiger partial charge on any atom is 0.190 e. The number of nitrogens with one attached hydrogen (secondary N) is 2. The number of methoxy groups -OCH3 is 1. The number of aryl methyl sites for hydroxylation is 2. The standard InChI is InChI=1S/C19H28N4OS/c1-15-14-23-18(25-15)11-13-22-19(20-2)21-12-5-4-6-16-7-9-17(24-3)10-8-16/h7-10,14H,4-6,11-13H2,1-3H3,(H2,20,21,22). The molecule has 0 amide bonds. The number of benzene rings is 1. The van der Waals surface area contributed by atoms with Gasteiger partial charge in [0, 0.05) is 37.6 Å². The van der Waals surface area contributed by atoms with Gasteiger partial charge < -0.3 is 15.4 Å². The van der Waals surface area contributed by atoms with E-state index in [1.807, 2.05) is 18.3 Å². The van der Waals surface area contributed by atoms with Crippen molar-refractivity contribution in [2.24, 2.45) is 4.99 Å². The van der Waals surface area contributed by atoms with E-state index < -0.39 is 0 Å². The Balaban J connectivity index is 1.57. The minimum atomic E-state index is 0.846. The Bertz CT molecular complexity index is 652. The van der Waals surface area contributed by atoms with Crippen molar-refractivity contribution >= 4 is 17.3 Å². The highest BCUT2D eigenvalue weighted by molar-refractivity contribution is 7.11. The Morgan fingerprint density at radius 3 is 2.52 bits per heavy atom. The Morgan fingerprint density at radius 2 is 1.88 bits per heavy atom. The van der Waals surface area contributed by atoms with Crippen molar-refractivity contribution in [2.75, 3.05) is 27.2 Å². The van der Waals surface area contributed by atoms with Gasteiger partial charge in [-0.05, 0) is 43.9 Å². The SMILES string of the molecule is CN=C(NCCCCc1ccc(OC)cc1)NCCc1ncc(C)s1. The zero-order valence-electron chi connectivity index (χ0n) is 15.3. The molecule has 0 fully saturated rings. The molecule has 2 N–H and O–H groups in total. The lowest BCUT2D eigenvalue weighted by Crippen LogP contribution is -2.38. The summed E-state index contributed by atoms with van der Waals surface area (Å²) in [6.45, 7) is 3.85. The number of nitrogens with zero attached hydrogens (tertiary/aromatic N) is 2. The first kappa shape index (κ1) is 19.2. The van der Waals surface area contributed by atoms with E-state index in [4.69, 9.17) is 4.74 Å². The van der Waals surface area contributed by atoms with Gasteiger partial charge in [-0.15, -0.1) is 11.3 Å². The van der Waals surface area contributed by atoms with Gasteiger partial charge in [-0.2, -0.15) is 0 Å². The topological polar surface area (TPSA) is 58.5 Å². The van der Waals surface area contributed by atoms with Crippen LogP contribution in [-0.4, -0.2) is 38.2 Å². The molecule has 0 bridgehead atoms. The molecule has 0 aliphatic rings. The first-order valence-electron chi connectivity index (χ1n) is 8.70. The fourth-order valence-electron chi connectivity index (χ4n) is 2.48. The average Bonchev–Trinajstić information content (AvgIpc) is 3.05. The quantitative estimate of drug-likeness (QED) is 0.410. The number of guanidine groups is 1. The lowest BCUT2D eigenvalue weighted by molar-refractivity contribution is 0.414. The van der Waals surface area contributed by atoms with Crippen molar-refractivity contribution < 1.29 is 4.74 Å². The molecular weight excluding hydrogens is 332 g/mol. The minimum Gasteiger partial charge on any atom is -0.497 e. The number of hydrogen-bond donors (Lipinski definition) is 2. The van der Waals surface area contributed by atoms with E-state index in [1.54, 1.807) is 25.5 Å². The smallest absolute Gasteiger partial charge is 0.190 e. The molecule has 0 aliphatic heterocycles. The van der Waals surface area contributed by atoms with E-state index in [9.17, 15) is 0 Å². The molecule has 25 heavy (non-hydrogen) atoms. The van der Waals surface area contributed by atoms with Gasteiger partial charge in [0.15, 0.2) is 5.96 Å². The van der Waals surface area contributed by atoms with E-state index in [2.05, 4.69) is 39.7 Å². The Labute approximate surface area is 154 Å². The fourth-order valence-corrected chi connectivity index (χ4v) is 3.27. The maximum atomic E-state index is 5.18. The summed E-state index contributed by atoms with van der Waals surface area (Å²) in [5, 5.41) is 7.87. The van der Waals surface area contributed by atoms with E-state index in [1.165, 1.54) is 15.4 Å². The van der Waals surface area contributed by atoms with Gasteiger partial charge in [0.1, 0.15) is 5.75 Å². The lowest BCUT2D eigenvalue weighted by Gasteiger charge is -2.11. The molecule has 1 aromatic carbocycles. The van der Waals surface area contributed by atoms with Crippen molar-refractivity contribution in [3.05, 3.63) is 45.9 Å². The number of aromatic nitrogens is 1. The Morgan fingerprint density at radius 1 is 1.12 bits per heavy atom. The van der Waals surface area contributed by atoms with Gasteiger partial charge >= 0.3 is 0 Å². The number of ether oxygens (including phenoxy) is 1. The summed E-state index contributed by atoms with van der Waals surface area (Å²) < 4.78 is 5.18. The zero-order chi connectivity index (χ0) is 17.9. The van der Waals surface area contributed by atoms with Crippen molar-refractivity contribution in [2.45, 2.75) is 32.6 Å². The highest BCUT2D eigenvalue weighted by Crippen LogP contribution is 2.13. The molecule has 136 valence electrons. The summed E-state index contributed by atoms with van der Waals surface area (Å²) >= 11 is 1.75. The van der Waals surface area contributed by atoms with Gasteiger partial charge in [-0.25, -0.2) is 4.98 Å². The van der Waals surface area contributed by atoms with Crippen LogP contribution < -0.4 is 15.4 Å². The van der Waals surface area contributed by atoms with Crippen LogP contribution in [0.1, 0.15) is 28.3 Å². The number of thiazole rings is 1. The predicted octanol–water partition coefficient (Wildman–Crippen LogP) is 3.19. The number of rotatable bonds is 9. The fraction of sp³-hybridized carbons (Fsp3) is 0.474. The summed E-state index contributed by atoms with van der Waals surface area (Å²) in [5.74, 6) is 1.77. The Kier molecular flexibility index (Phi) is 8.25. The van der Waals surface area contributed by atoms with Crippen LogP contribution in [0.15, 0.2) is 35.5 Å². The average molecular weight is 361 g/mol. The number of hydrogen-bond acceptors (Lipinski definition) is 4. The molecule has 1 aromatic heterocycles. The Hall–Kier alpha value is -2.08. The normalized spacial score (nSPS) is 11.4. The van der Waals surface area contributed by atoms with Crippen molar-refractivity contribution in [1.82, 2.24) is 15.6 Å². The van der Waals surface area contributed by atoms with Crippen LogP contribution in [0, 0.1) is 6.92 Å². The summed E-state index contributed by atoms with van der Waals surface area (Å²) in [5.41, 5.74) is 1.35. The monoisotopic (exact) mass is 360 g/mol. The molecule has 0 atom stereocenters. The molecule has 0 saturated carbocycles. The third kappa shape index (κ3) is 7.13. The molecule has 0 aliphatic carbocycles. The summed E-state index contributed by atoms with van der Waals surface area (Å²) in [7, 11) is 3.50. The van der Waals surface area contributed by atoms with E-state index in [-0.39, 0.29) is 0 Å². The van der Waals surface area contributed by atoms with Crippen LogP contribution in [0.5, 0.6) is 5.75 Å². The van der Waals surface area contributed by atoms with Crippen molar-refractivity contribution in [3.8, 4) is 5.75 Å². The minimum absolute atomic E-state index is 0.846. The van der Waals surface area contributed by atoms with Gasteiger partial charge in [0.05, 0.1) is 12.1 Å². The second kappa shape index (κ2) is 10.7. The van der Waals surface area contributed by atoms with E-state index in [0.717, 1.165) is 50.5 Å². The molecule has 5 nitrogen and oxygen atoms in total. The van der Waals surface area contributed by atoms with Crippen LogP contribution in [-0.2, 0) is 12.8 Å². The summed E-state index contributed by atoms with van der Waals surface area (Å²) in [4.78, 5) is 9.90. The van der Waals surface area contributed by atoms with Gasteiger partial charge in [0.25, 0.3) is 0 Å². The van der Waals surface area contributed by atoms with Gasteiger partial charge in [-0.3, -0.25) is 4.99 Å². The highest BCUT2D eigenvalue weighted by Gasteiger charge is 2.01. The van der Waals surface area contributed by atoms with Crippen LogP contribution in [0.4, 0.5) is 0 Å². The van der Waals surface area contributed by atoms with Crippen LogP contribution >= 0.6 is 11.3 Å². The van der Waals surface area contributed by atoms with Gasteiger partial charge in [-0.1, -0.05) is 12.1 Å². The predicted molar refractivity (Wildman–Crippen MR) is 106 cm³/mol. The van der Waals surface area contributed by atoms with Crippen LogP contribution in [0.3, 0.4) is 0 Å². The van der Waals surface area contributed by atoms with Crippen LogP contribution in [0.2, 0.25) is 0 Å². The second-order valence-electron chi connectivity index (χ2n) is 5.85. The molecule has 2 aromatic rings. The summed E-state index contributed by atoms with van der Waals surface area (Å²) in [6, 6.07) is 8.30. The largest absolute Gasteiger partial charge is 0.497 e. The van der Waals surface area contributed by atoms with Crippen molar-refractivity contribution in [3.63, 3.8) is 0 Å². The second-order valence-corrected chi connectivity index (χ2v) is 7.16. The van der Waals surface area contributed by atoms with Crippen LogP contribution in [0.25, 0.3) is 0 Å². The zero-order valence-corrected chi connectivity index (χ0v) is 16.2. The molecule has 0 radical (unpaired) electrons. The third-order valence-corrected chi connectivity index (χ3v) is 4.84. The first-order valence-corrected chi connectivity index (χ1v) is 9.51. The maximum absolute atomic E-state index is 5.18. The molecule has 1 heterocycles. The van der Waals surface area contributed by atoms with E-state index >= 15 is 0 Å². The first-order chi connectivity index (χ1) is 12.2. The molecule has 0 spiro atoms. The number of aliphatic imine (C=N–C) groups is 1. The summed E-state index contributed by atoms with van der Waals surface area (Å²) in [6.07, 6.45) is 6.20. The highest BCUT2D eigenvalue weighted by atomic mass is 32.1. The molecule has 2 rings (SSSR count).